The summed E-state index contributed by atoms with van der Waals surface area (Å²) in [5.74, 6) is 0.190. The number of aromatic amines is 1. The molecule has 158 valence electrons. The zero-order chi connectivity index (χ0) is 21.9. The van der Waals surface area contributed by atoms with Gasteiger partial charge in [0.25, 0.3) is 5.91 Å². The van der Waals surface area contributed by atoms with Crippen LogP contribution in [0, 0.1) is 0 Å². The van der Waals surface area contributed by atoms with Crippen LogP contribution in [0.5, 0.6) is 0 Å². The molecule has 0 unspecified atom stereocenters. The highest BCUT2D eigenvalue weighted by Gasteiger charge is 2.10. The minimum atomic E-state index is -0.214. The topological polar surface area (TPSA) is 82.2 Å². The van der Waals surface area contributed by atoms with Crippen molar-refractivity contribution in [3.05, 3.63) is 96.6 Å². The molecule has 0 saturated heterocycles. The standard InChI is InChI=1S/C25H27N5O/c1-3-8-19(4-2)24(31)30-25(27-16-15-23-17-26-18-28-23)29-22-13-11-21(12-14-22)20-9-6-5-7-10-20/h3-14,17-18H,15-16H2,1-2H3,(H,26,28)(H2,27,29,30,31)/b8-3-,19-4+. The monoisotopic (exact) mass is 413 g/mol. The molecule has 0 aliphatic rings. The second-order valence-corrected chi connectivity index (χ2v) is 6.82. The van der Waals surface area contributed by atoms with Crippen LogP contribution in [-0.4, -0.2) is 28.4 Å². The highest BCUT2D eigenvalue weighted by atomic mass is 16.1. The van der Waals surface area contributed by atoms with Crippen molar-refractivity contribution in [3.8, 4) is 11.1 Å². The van der Waals surface area contributed by atoms with E-state index in [4.69, 9.17) is 0 Å². The van der Waals surface area contributed by atoms with E-state index in [1.807, 2.05) is 62.4 Å². The first-order valence-corrected chi connectivity index (χ1v) is 10.2. The second kappa shape index (κ2) is 11.3. The van der Waals surface area contributed by atoms with Gasteiger partial charge in [0.2, 0.25) is 5.96 Å². The molecule has 0 radical (unpaired) electrons. The Morgan fingerprint density at radius 1 is 1.06 bits per heavy atom. The molecule has 0 aliphatic carbocycles. The summed E-state index contributed by atoms with van der Waals surface area (Å²) in [7, 11) is 0. The molecule has 0 saturated carbocycles. The highest BCUT2D eigenvalue weighted by molar-refractivity contribution is 6.10. The average Bonchev–Trinajstić information content (AvgIpc) is 3.32. The van der Waals surface area contributed by atoms with E-state index in [2.05, 4.69) is 37.7 Å². The summed E-state index contributed by atoms with van der Waals surface area (Å²) >= 11 is 0. The van der Waals surface area contributed by atoms with Crippen LogP contribution in [0.4, 0.5) is 5.69 Å². The number of hydrogen-bond donors (Lipinski definition) is 3. The Labute approximate surface area is 182 Å². The quantitative estimate of drug-likeness (QED) is 0.227. The molecule has 1 amide bonds. The van der Waals surface area contributed by atoms with Crippen molar-refractivity contribution < 1.29 is 4.79 Å². The third-order valence-electron chi connectivity index (χ3n) is 4.61. The fourth-order valence-corrected chi connectivity index (χ4v) is 3.00. The van der Waals surface area contributed by atoms with Gasteiger partial charge in [-0.2, -0.15) is 0 Å². The van der Waals surface area contributed by atoms with Crippen LogP contribution in [0.3, 0.4) is 0 Å². The number of imidazole rings is 1. The molecule has 0 fully saturated rings. The van der Waals surface area contributed by atoms with Crippen LogP contribution in [0.2, 0.25) is 0 Å². The number of amides is 1. The lowest BCUT2D eigenvalue weighted by Crippen LogP contribution is -2.37. The summed E-state index contributed by atoms with van der Waals surface area (Å²) in [6.45, 7) is 4.21. The fraction of sp³-hybridized carbons (Fsp3) is 0.160. The molecule has 6 heteroatoms. The molecule has 3 N–H and O–H groups in total. The molecule has 31 heavy (non-hydrogen) atoms. The average molecular weight is 414 g/mol. The predicted octanol–water partition coefficient (Wildman–Crippen LogP) is 4.73. The number of anilines is 1. The molecular weight excluding hydrogens is 386 g/mol. The summed E-state index contributed by atoms with van der Waals surface area (Å²) < 4.78 is 0. The number of carbonyl (C=O) groups excluding carboxylic acids is 1. The Bertz CT molecular complexity index is 1050. The summed E-state index contributed by atoms with van der Waals surface area (Å²) in [6.07, 6.45) is 9.48. The van der Waals surface area contributed by atoms with E-state index in [0.29, 0.717) is 24.5 Å². The number of carbonyl (C=O) groups is 1. The Morgan fingerprint density at radius 2 is 1.81 bits per heavy atom. The van der Waals surface area contributed by atoms with E-state index >= 15 is 0 Å². The van der Waals surface area contributed by atoms with Crippen molar-refractivity contribution in [2.75, 3.05) is 11.9 Å². The van der Waals surface area contributed by atoms with Crippen LogP contribution in [-0.2, 0) is 11.2 Å². The van der Waals surface area contributed by atoms with Gasteiger partial charge in [-0.25, -0.2) is 4.98 Å². The Balaban J connectivity index is 1.74. The minimum Gasteiger partial charge on any atom is -0.348 e. The molecule has 0 spiro atoms. The number of nitrogens with one attached hydrogen (secondary N) is 3. The number of aliphatic imine (C=N–C) groups is 1. The molecule has 1 heterocycles. The van der Waals surface area contributed by atoms with Gasteiger partial charge in [0.15, 0.2) is 0 Å². The lowest BCUT2D eigenvalue weighted by molar-refractivity contribution is -0.115. The number of nitrogens with zero attached hydrogens (tertiary/aromatic N) is 2. The number of aromatic nitrogens is 2. The van der Waals surface area contributed by atoms with Gasteiger partial charge in [-0.1, -0.05) is 60.7 Å². The van der Waals surface area contributed by atoms with E-state index in [9.17, 15) is 4.79 Å². The first kappa shape index (κ1) is 21.8. The second-order valence-electron chi connectivity index (χ2n) is 6.82. The summed E-state index contributed by atoms with van der Waals surface area (Å²) in [5.41, 5.74) is 4.68. The third kappa shape index (κ3) is 6.54. The van der Waals surface area contributed by atoms with Crippen molar-refractivity contribution in [3.63, 3.8) is 0 Å². The van der Waals surface area contributed by atoms with E-state index in [0.717, 1.165) is 22.5 Å². The van der Waals surface area contributed by atoms with Crippen molar-refractivity contribution in [2.45, 2.75) is 20.3 Å². The van der Waals surface area contributed by atoms with Crippen LogP contribution in [0.25, 0.3) is 11.1 Å². The molecule has 3 aromatic rings. The lowest BCUT2D eigenvalue weighted by Gasteiger charge is -2.13. The molecule has 2 aromatic carbocycles. The number of guanidine groups is 1. The molecular formula is C25H27N5O. The largest absolute Gasteiger partial charge is 0.348 e. The molecule has 3 rings (SSSR count). The fourth-order valence-electron chi connectivity index (χ4n) is 3.00. The number of H-pyrrole nitrogens is 1. The lowest BCUT2D eigenvalue weighted by atomic mass is 10.1. The van der Waals surface area contributed by atoms with Gasteiger partial charge in [-0.15, -0.1) is 0 Å². The Kier molecular flexibility index (Phi) is 7.94. The maximum atomic E-state index is 12.6. The van der Waals surface area contributed by atoms with Gasteiger partial charge in [0.05, 0.1) is 6.33 Å². The first-order chi connectivity index (χ1) is 15.2. The molecule has 0 bridgehead atoms. The number of allylic oxidation sites excluding steroid dienone is 2. The maximum Gasteiger partial charge on any atom is 0.257 e. The van der Waals surface area contributed by atoms with Crippen LogP contribution in [0.15, 0.2) is 95.9 Å². The third-order valence-corrected chi connectivity index (χ3v) is 4.61. The maximum absolute atomic E-state index is 12.6. The van der Waals surface area contributed by atoms with Crippen LogP contribution >= 0.6 is 0 Å². The van der Waals surface area contributed by atoms with Gasteiger partial charge in [-0.3, -0.25) is 15.1 Å². The van der Waals surface area contributed by atoms with Gasteiger partial charge >= 0.3 is 0 Å². The summed E-state index contributed by atoms with van der Waals surface area (Å²) in [5, 5.41) is 6.11. The molecule has 1 aromatic heterocycles. The van der Waals surface area contributed by atoms with Crippen molar-refractivity contribution >= 4 is 17.6 Å². The number of hydrogen-bond acceptors (Lipinski definition) is 3. The molecule has 0 aliphatic heterocycles. The zero-order valence-electron chi connectivity index (χ0n) is 17.8. The van der Waals surface area contributed by atoms with Gasteiger partial charge in [0.1, 0.15) is 0 Å². The Morgan fingerprint density at radius 3 is 2.45 bits per heavy atom. The van der Waals surface area contributed by atoms with Crippen molar-refractivity contribution in [1.29, 1.82) is 0 Å². The number of rotatable bonds is 7. The van der Waals surface area contributed by atoms with Gasteiger partial charge in [-0.05, 0) is 37.1 Å². The van der Waals surface area contributed by atoms with E-state index in [1.54, 1.807) is 24.7 Å². The van der Waals surface area contributed by atoms with Crippen molar-refractivity contribution in [2.24, 2.45) is 4.99 Å². The number of benzene rings is 2. The first-order valence-electron chi connectivity index (χ1n) is 10.2. The SMILES string of the molecule is C/C=C\C(=C/C)C(=O)NC(=NCCc1cnc[nH]1)Nc1ccc(-c2ccccc2)cc1. The normalized spacial score (nSPS) is 12.2. The van der Waals surface area contributed by atoms with Gasteiger partial charge < -0.3 is 10.3 Å². The summed E-state index contributed by atoms with van der Waals surface area (Å²) in [6, 6.07) is 18.2. The highest BCUT2D eigenvalue weighted by Crippen LogP contribution is 2.21. The Hall–Kier alpha value is -3.93. The van der Waals surface area contributed by atoms with E-state index in [1.165, 1.54) is 0 Å². The van der Waals surface area contributed by atoms with Crippen LogP contribution in [0.1, 0.15) is 19.5 Å². The zero-order valence-corrected chi connectivity index (χ0v) is 17.8. The molecule has 6 nitrogen and oxygen atoms in total. The summed E-state index contributed by atoms with van der Waals surface area (Å²) in [4.78, 5) is 24.3. The minimum absolute atomic E-state index is 0.214. The smallest absolute Gasteiger partial charge is 0.257 e. The predicted molar refractivity (Wildman–Crippen MR) is 127 cm³/mol. The van der Waals surface area contributed by atoms with Crippen LogP contribution < -0.4 is 10.6 Å². The van der Waals surface area contributed by atoms with E-state index < -0.39 is 0 Å². The van der Waals surface area contributed by atoms with Gasteiger partial charge in [0, 0.05) is 36.1 Å². The molecule has 0 atom stereocenters. The van der Waals surface area contributed by atoms with E-state index in [-0.39, 0.29) is 5.91 Å². The van der Waals surface area contributed by atoms with Crippen molar-refractivity contribution in [1.82, 2.24) is 15.3 Å².